The Kier molecular flexibility index (Phi) is 5.92. The van der Waals surface area contributed by atoms with E-state index in [2.05, 4.69) is 16.8 Å². The van der Waals surface area contributed by atoms with Crippen LogP contribution in [0.5, 0.6) is 0 Å². The van der Waals surface area contributed by atoms with Gasteiger partial charge in [0.2, 0.25) is 0 Å². The van der Waals surface area contributed by atoms with Crippen LogP contribution in [0.15, 0.2) is 30.3 Å². The molecule has 1 aliphatic rings. The van der Waals surface area contributed by atoms with Crippen molar-refractivity contribution in [2.24, 2.45) is 5.92 Å². The fourth-order valence-corrected chi connectivity index (χ4v) is 3.86. The highest BCUT2D eigenvalue weighted by Crippen LogP contribution is 2.29. The van der Waals surface area contributed by atoms with Crippen LogP contribution in [-0.4, -0.2) is 22.5 Å². The molecule has 1 unspecified atom stereocenters. The van der Waals surface area contributed by atoms with Gasteiger partial charge in [-0.3, -0.25) is 4.90 Å². The highest BCUT2D eigenvalue weighted by Gasteiger charge is 2.27. The van der Waals surface area contributed by atoms with Gasteiger partial charge in [0.25, 0.3) is 0 Å². The molecular formula is C19H20Cl2F2N2. The van der Waals surface area contributed by atoms with Gasteiger partial charge in [-0.05, 0) is 56.8 Å². The van der Waals surface area contributed by atoms with E-state index in [4.69, 9.17) is 23.2 Å². The van der Waals surface area contributed by atoms with Crippen molar-refractivity contribution >= 4 is 23.2 Å². The van der Waals surface area contributed by atoms with Crippen LogP contribution in [0, 0.1) is 17.6 Å². The second-order valence-corrected chi connectivity index (χ2v) is 7.48. The zero-order valence-electron chi connectivity index (χ0n) is 14.0. The fraction of sp³-hybridized carbons (Fsp3) is 0.421. The van der Waals surface area contributed by atoms with Gasteiger partial charge in [0.15, 0.2) is 0 Å². The van der Waals surface area contributed by atoms with E-state index in [-0.39, 0.29) is 22.7 Å². The maximum absolute atomic E-state index is 14.1. The van der Waals surface area contributed by atoms with Gasteiger partial charge in [-0.15, -0.1) is 0 Å². The molecule has 1 saturated heterocycles. The number of benzene rings is 1. The van der Waals surface area contributed by atoms with Gasteiger partial charge < -0.3 is 0 Å². The molecule has 0 amide bonds. The number of halogens is 4. The van der Waals surface area contributed by atoms with E-state index < -0.39 is 0 Å². The van der Waals surface area contributed by atoms with Crippen LogP contribution < -0.4 is 0 Å². The Morgan fingerprint density at radius 3 is 2.76 bits per heavy atom. The smallest absolute Gasteiger partial charge is 0.146 e. The van der Waals surface area contributed by atoms with E-state index >= 15 is 0 Å². The van der Waals surface area contributed by atoms with Gasteiger partial charge in [0.1, 0.15) is 16.8 Å². The molecule has 0 radical (unpaired) electrons. The average molecular weight is 385 g/mol. The first-order valence-electron chi connectivity index (χ1n) is 8.42. The van der Waals surface area contributed by atoms with E-state index in [0.29, 0.717) is 35.3 Å². The van der Waals surface area contributed by atoms with Crippen molar-refractivity contribution in [2.45, 2.75) is 38.8 Å². The van der Waals surface area contributed by atoms with Crippen molar-refractivity contribution < 1.29 is 8.78 Å². The lowest BCUT2D eigenvalue weighted by Gasteiger charge is -2.37. The summed E-state index contributed by atoms with van der Waals surface area (Å²) in [6.07, 6.45) is 2.41. The molecule has 1 aromatic carbocycles. The highest BCUT2D eigenvalue weighted by atomic mass is 35.5. The maximum Gasteiger partial charge on any atom is 0.146 e. The number of likely N-dealkylation sites (tertiary alicyclic amines) is 1. The predicted octanol–water partition coefficient (Wildman–Crippen LogP) is 5.51. The van der Waals surface area contributed by atoms with Crippen LogP contribution in [0.3, 0.4) is 0 Å². The summed E-state index contributed by atoms with van der Waals surface area (Å²) in [6.45, 7) is 3.49. The average Bonchev–Trinajstić information content (AvgIpc) is 2.57. The van der Waals surface area contributed by atoms with Crippen molar-refractivity contribution in [1.82, 2.24) is 9.88 Å². The first kappa shape index (κ1) is 18.6. The van der Waals surface area contributed by atoms with Crippen molar-refractivity contribution in [3.8, 4) is 0 Å². The van der Waals surface area contributed by atoms with E-state index in [1.165, 1.54) is 12.1 Å². The summed E-state index contributed by atoms with van der Waals surface area (Å²) in [5.41, 5.74) is 1.04. The van der Waals surface area contributed by atoms with E-state index in [1.54, 1.807) is 18.2 Å². The molecule has 25 heavy (non-hydrogen) atoms. The van der Waals surface area contributed by atoms with Crippen LogP contribution in [0.25, 0.3) is 0 Å². The van der Waals surface area contributed by atoms with Crippen LogP contribution in [-0.2, 0) is 13.0 Å². The number of hydrogen-bond donors (Lipinski definition) is 0. The van der Waals surface area contributed by atoms with Gasteiger partial charge in [-0.1, -0.05) is 35.3 Å². The maximum atomic E-state index is 14.1. The number of rotatable bonds is 4. The molecular weight excluding hydrogens is 365 g/mol. The number of pyridine rings is 1. The molecule has 0 spiro atoms. The Balaban J connectivity index is 1.62. The minimum absolute atomic E-state index is 0.155. The predicted molar refractivity (Wildman–Crippen MR) is 96.9 cm³/mol. The van der Waals surface area contributed by atoms with Gasteiger partial charge in [-0.2, -0.15) is 0 Å². The summed E-state index contributed by atoms with van der Waals surface area (Å²) >= 11 is 11.7. The monoisotopic (exact) mass is 384 g/mol. The van der Waals surface area contributed by atoms with Gasteiger partial charge >= 0.3 is 0 Å². The Morgan fingerprint density at radius 2 is 2.00 bits per heavy atom. The minimum Gasteiger partial charge on any atom is -0.296 e. The zero-order chi connectivity index (χ0) is 18.0. The third kappa shape index (κ3) is 4.49. The highest BCUT2D eigenvalue weighted by molar-refractivity contribution is 6.30. The molecule has 134 valence electrons. The fourth-order valence-electron chi connectivity index (χ4n) is 3.50. The van der Waals surface area contributed by atoms with E-state index in [1.807, 2.05) is 0 Å². The number of piperidine rings is 1. The summed E-state index contributed by atoms with van der Waals surface area (Å²) in [5, 5.41) is 0.473. The van der Waals surface area contributed by atoms with Crippen molar-refractivity contribution in [3.63, 3.8) is 0 Å². The second-order valence-electron chi connectivity index (χ2n) is 6.69. The van der Waals surface area contributed by atoms with Crippen LogP contribution in [0.2, 0.25) is 10.2 Å². The van der Waals surface area contributed by atoms with Crippen LogP contribution >= 0.6 is 23.2 Å². The Labute approximate surface area is 156 Å². The quantitative estimate of drug-likeness (QED) is 0.646. The van der Waals surface area contributed by atoms with Crippen LogP contribution in [0.4, 0.5) is 8.78 Å². The zero-order valence-corrected chi connectivity index (χ0v) is 15.5. The molecule has 2 aromatic rings. The molecule has 0 N–H and O–H groups in total. The van der Waals surface area contributed by atoms with Crippen molar-refractivity contribution in [1.29, 1.82) is 0 Å². The Morgan fingerprint density at radius 1 is 1.20 bits per heavy atom. The summed E-state index contributed by atoms with van der Waals surface area (Å²) in [7, 11) is 0. The lowest BCUT2D eigenvalue weighted by molar-refractivity contribution is 0.113. The normalized spacial score (nSPS) is 21.5. The molecule has 3 rings (SSSR count). The summed E-state index contributed by atoms with van der Waals surface area (Å²) in [6, 6.07) is 8.20. The second kappa shape index (κ2) is 7.98. The van der Waals surface area contributed by atoms with Gasteiger partial charge in [-0.25, -0.2) is 13.8 Å². The summed E-state index contributed by atoms with van der Waals surface area (Å²) in [5.74, 6) is -0.305. The third-order valence-corrected chi connectivity index (χ3v) is 5.40. The first-order valence-corrected chi connectivity index (χ1v) is 9.17. The molecule has 2 nitrogen and oxygen atoms in total. The molecule has 6 heteroatoms. The topological polar surface area (TPSA) is 16.1 Å². The Hall–Kier alpha value is -1.23. The number of nitrogens with zero attached hydrogens (tertiary/aromatic N) is 2. The lowest BCUT2D eigenvalue weighted by atomic mass is 9.87. The van der Waals surface area contributed by atoms with E-state index in [9.17, 15) is 8.78 Å². The SMILES string of the molecule is C[C@@H]1CC(Cc2nc(Cl)ccc2F)CCN1Cc1cccc(Cl)c1F. The molecule has 0 aliphatic carbocycles. The molecule has 1 aromatic heterocycles. The van der Waals surface area contributed by atoms with Crippen molar-refractivity contribution in [2.75, 3.05) is 6.54 Å². The largest absolute Gasteiger partial charge is 0.296 e. The molecule has 1 aliphatic heterocycles. The Bertz CT molecular complexity index is 754. The molecule has 2 heterocycles. The summed E-state index contributed by atoms with van der Waals surface area (Å²) in [4.78, 5) is 6.36. The summed E-state index contributed by atoms with van der Waals surface area (Å²) < 4.78 is 28.0. The standard InChI is InChI=1S/C19H20Cl2F2N2/c1-12-9-13(10-17-16(22)5-6-18(21)24-17)7-8-25(12)11-14-3-2-4-15(20)19(14)23/h2-6,12-13H,7-11H2,1H3/t12-,13?/m1/s1. The molecule has 0 saturated carbocycles. The van der Waals surface area contributed by atoms with Gasteiger partial charge in [0.05, 0.1) is 10.7 Å². The molecule has 0 bridgehead atoms. The van der Waals surface area contributed by atoms with E-state index in [0.717, 1.165) is 19.4 Å². The van der Waals surface area contributed by atoms with Gasteiger partial charge in [0, 0.05) is 18.2 Å². The lowest BCUT2D eigenvalue weighted by Crippen LogP contribution is -2.41. The number of hydrogen-bond acceptors (Lipinski definition) is 2. The third-order valence-electron chi connectivity index (χ3n) is 4.89. The van der Waals surface area contributed by atoms with Crippen molar-refractivity contribution in [3.05, 3.63) is 63.4 Å². The number of aromatic nitrogens is 1. The minimum atomic E-state index is -0.344. The van der Waals surface area contributed by atoms with Crippen LogP contribution in [0.1, 0.15) is 31.0 Å². The molecule has 2 atom stereocenters. The molecule has 1 fully saturated rings. The first-order chi connectivity index (χ1) is 11.9.